The van der Waals surface area contributed by atoms with E-state index in [0.29, 0.717) is 6.04 Å². The zero-order chi connectivity index (χ0) is 17.3. The quantitative estimate of drug-likeness (QED) is 0.775. The van der Waals surface area contributed by atoms with E-state index in [1.807, 2.05) is 12.4 Å². The fourth-order valence-electron chi connectivity index (χ4n) is 4.51. The van der Waals surface area contributed by atoms with Crippen molar-refractivity contribution in [1.82, 2.24) is 19.9 Å². The Labute approximate surface area is 155 Å². The normalized spacial score (nSPS) is 21.1. The van der Waals surface area contributed by atoms with Crippen molar-refractivity contribution < 1.29 is 1.43 Å². The van der Waals surface area contributed by atoms with Crippen LogP contribution in [-0.2, 0) is 0 Å². The summed E-state index contributed by atoms with van der Waals surface area (Å²) in [5.74, 6) is 1.12. The highest BCUT2D eigenvalue weighted by molar-refractivity contribution is 5.91. The zero-order valence-corrected chi connectivity index (χ0v) is 15.1. The molecule has 0 radical (unpaired) electrons. The van der Waals surface area contributed by atoms with Gasteiger partial charge in [-0.05, 0) is 63.0 Å². The molecule has 5 heterocycles. The van der Waals surface area contributed by atoms with E-state index in [0.717, 1.165) is 34.7 Å². The maximum absolute atomic E-state index is 5.05. The molecule has 3 aromatic rings. The zero-order valence-electron chi connectivity index (χ0n) is 15.1. The molecule has 2 fully saturated rings. The maximum Gasteiger partial charge on any atom is 0.137 e. The molecular weight excluding hydrogens is 322 g/mol. The first kappa shape index (κ1) is 15.8. The van der Waals surface area contributed by atoms with Crippen molar-refractivity contribution in [2.75, 3.05) is 31.1 Å². The molecule has 136 valence electrons. The van der Waals surface area contributed by atoms with Gasteiger partial charge in [-0.15, -0.1) is 0 Å². The molecule has 5 nitrogen and oxygen atoms in total. The van der Waals surface area contributed by atoms with E-state index in [1.54, 1.807) is 0 Å². The first-order chi connectivity index (χ1) is 12.9. The standard InChI is InChI=1S/C21H25N5.H2/c1-2-13-25(12-1)15-16-5-4-14-26(16)20-7-3-6-19(24-20)17-8-10-22-21-18(17)9-11-23-21;/h3,6-11,16H,1-2,4-5,12-15H2,(H,22,23);1H/t16-;/m0./s1. The van der Waals surface area contributed by atoms with Gasteiger partial charge in [-0.25, -0.2) is 9.97 Å². The SMILES string of the molecule is [HH].c1cc(-c2ccnc3[nH]ccc23)nc(N2CCC[C@H]2CN2CCCC2)c1. The minimum Gasteiger partial charge on any atom is -0.352 e. The van der Waals surface area contributed by atoms with Crippen molar-refractivity contribution in [1.29, 1.82) is 0 Å². The molecule has 0 aromatic carbocycles. The number of rotatable bonds is 4. The summed E-state index contributed by atoms with van der Waals surface area (Å²) in [4.78, 5) is 17.8. The predicted molar refractivity (Wildman–Crippen MR) is 107 cm³/mol. The number of nitrogens with one attached hydrogen (secondary N) is 1. The summed E-state index contributed by atoms with van der Waals surface area (Å²) < 4.78 is 0. The third kappa shape index (κ3) is 2.86. The van der Waals surface area contributed by atoms with Gasteiger partial charge in [0, 0.05) is 43.9 Å². The van der Waals surface area contributed by atoms with Gasteiger partial charge in [-0.1, -0.05) is 6.07 Å². The van der Waals surface area contributed by atoms with Gasteiger partial charge in [0.25, 0.3) is 0 Å². The van der Waals surface area contributed by atoms with Crippen LogP contribution in [0.5, 0.6) is 0 Å². The van der Waals surface area contributed by atoms with Crippen LogP contribution in [0.4, 0.5) is 5.82 Å². The van der Waals surface area contributed by atoms with Crippen molar-refractivity contribution >= 4 is 16.9 Å². The summed E-state index contributed by atoms with van der Waals surface area (Å²) in [6, 6.07) is 11.2. The van der Waals surface area contributed by atoms with Gasteiger partial charge in [-0.2, -0.15) is 0 Å². The Kier molecular flexibility index (Phi) is 4.09. The average molecular weight is 349 g/mol. The topological polar surface area (TPSA) is 48.1 Å². The summed E-state index contributed by atoms with van der Waals surface area (Å²) in [6.45, 7) is 4.83. The highest BCUT2D eigenvalue weighted by Gasteiger charge is 2.28. The molecule has 5 rings (SSSR count). The molecule has 2 aliphatic heterocycles. The second-order valence-corrected chi connectivity index (χ2v) is 7.48. The van der Waals surface area contributed by atoms with Crippen LogP contribution in [0, 0.1) is 0 Å². The fourth-order valence-corrected chi connectivity index (χ4v) is 4.51. The molecule has 0 saturated carbocycles. The fraction of sp³-hybridized carbons (Fsp3) is 0.429. The van der Waals surface area contributed by atoms with Crippen LogP contribution < -0.4 is 4.90 Å². The lowest BCUT2D eigenvalue weighted by Crippen LogP contribution is -2.39. The molecule has 3 aromatic heterocycles. The molecule has 1 N–H and O–H groups in total. The first-order valence-electron chi connectivity index (χ1n) is 9.77. The van der Waals surface area contributed by atoms with Crippen molar-refractivity contribution in [3.63, 3.8) is 0 Å². The van der Waals surface area contributed by atoms with E-state index in [1.165, 1.54) is 45.3 Å². The van der Waals surface area contributed by atoms with Crippen molar-refractivity contribution in [2.24, 2.45) is 0 Å². The first-order valence-corrected chi connectivity index (χ1v) is 9.77. The van der Waals surface area contributed by atoms with Crippen LogP contribution in [0.25, 0.3) is 22.3 Å². The summed E-state index contributed by atoms with van der Waals surface area (Å²) in [7, 11) is 0. The Morgan fingerprint density at radius 2 is 2.00 bits per heavy atom. The smallest absolute Gasteiger partial charge is 0.137 e. The number of aromatic amines is 1. The number of fused-ring (bicyclic) bond motifs is 1. The number of H-pyrrole nitrogens is 1. The van der Waals surface area contributed by atoms with E-state index in [9.17, 15) is 0 Å². The lowest BCUT2D eigenvalue weighted by molar-refractivity contribution is 0.313. The highest BCUT2D eigenvalue weighted by atomic mass is 15.3. The Balaban J connectivity index is 0.00000180. The van der Waals surface area contributed by atoms with Crippen molar-refractivity contribution in [3.05, 3.63) is 42.7 Å². The highest BCUT2D eigenvalue weighted by Crippen LogP contribution is 2.30. The average Bonchev–Trinajstić information content (AvgIpc) is 3.43. The molecule has 0 bridgehead atoms. The van der Waals surface area contributed by atoms with Gasteiger partial charge in [0.1, 0.15) is 11.5 Å². The maximum atomic E-state index is 5.05. The van der Waals surface area contributed by atoms with Gasteiger partial charge in [0.05, 0.1) is 5.69 Å². The third-order valence-corrected chi connectivity index (χ3v) is 5.81. The molecule has 1 atom stereocenters. The Hall–Kier alpha value is -2.40. The number of hydrogen-bond donors (Lipinski definition) is 1. The van der Waals surface area contributed by atoms with Crippen LogP contribution >= 0.6 is 0 Å². The van der Waals surface area contributed by atoms with Crippen LogP contribution in [0.1, 0.15) is 27.1 Å². The molecule has 26 heavy (non-hydrogen) atoms. The lowest BCUT2D eigenvalue weighted by Gasteiger charge is -2.29. The summed E-state index contributed by atoms with van der Waals surface area (Å²) in [5.41, 5.74) is 3.09. The van der Waals surface area contributed by atoms with Gasteiger partial charge in [-0.3, -0.25) is 0 Å². The minimum atomic E-state index is 0. The van der Waals surface area contributed by atoms with E-state index in [2.05, 4.69) is 50.1 Å². The number of nitrogens with zero attached hydrogens (tertiary/aromatic N) is 4. The molecular formula is C21H27N5. The molecule has 2 saturated heterocycles. The van der Waals surface area contributed by atoms with Gasteiger partial charge < -0.3 is 14.8 Å². The lowest BCUT2D eigenvalue weighted by atomic mass is 10.1. The number of aromatic nitrogens is 3. The summed E-state index contributed by atoms with van der Waals surface area (Å²) in [6.07, 6.45) is 9.05. The number of pyridine rings is 2. The van der Waals surface area contributed by atoms with Gasteiger partial charge >= 0.3 is 0 Å². The van der Waals surface area contributed by atoms with Crippen LogP contribution in [-0.4, -0.2) is 52.1 Å². The third-order valence-electron chi connectivity index (χ3n) is 5.81. The second-order valence-electron chi connectivity index (χ2n) is 7.48. The van der Waals surface area contributed by atoms with Crippen molar-refractivity contribution in [2.45, 2.75) is 31.7 Å². The van der Waals surface area contributed by atoms with Crippen molar-refractivity contribution in [3.8, 4) is 11.3 Å². The second kappa shape index (κ2) is 6.72. The number of hydrogen-bond acceptors (Lipinski definition) is 4. The number of anilines is 1. The van der Waals surface area contributed by atoms with E-state index >= 15 is 0 Å². The monoisotopic (exact) mass is 349 g/mol. The molecule has 5 heteroatoms. The van der Waals surface area contributed by atoms with E-state index in [4.69, 9.17) is 4.98 Å². The van der Waals surface area contributed by atoms with E-state index < -0.39 is 0 Å². The van der Waals surface area contributed by atoms with Gasteiger partial charge in [0.2, 0.25) is 0 Å². The molecule has 0 unspecified atom stereocenters. The summed E-state index contributed by atoms with van der Waals surface area (Å²) in [5, 5.41) is 1.13. The van der Waals surface area contributed by atoms with Gasteiger partial charge in [0.15, 0.2) is 0 Å². The molecule has 0 amide bonds. The van der Waals surface area contributed by atoms with E-state index in [-0.39, 0.29) is 1.43 Å². The molecule has 0 aliphatic carbocycles. The van der Waals surface area contributed by atoms with Crippen LogP contribution in [0.3, 0.4) is 0 Å². The minimum absolute atomic E-state index is 0. The largest absolute Gasteiger partial charge is 0.352 e. The van der Waals surface area contributed by atoms with Crippen LogP contribution in [0.2, 0.25) is 0 Å². The Morgan fingerprint density at radius 3 is 2.92 bits per heavy atom. The molecule has 0 spiro atoms. The Bertz CT molecular complexity index is 902. The van der Waals surface area contributed by atoms with Crippen LogP contribution in [0.15, 0.2) is 42.7 Å². The predicted octanol–water partition coefficient (Wildman–Crippen LogP) is 3.94. The Morgan fingerprint density at radius 1 is 1.08 bits per heavy atom. The number of likely N-dealkylation sites (tertiary alicyclic amines) is 1. The summed E-state index contributed by atoms with van der Waals surface area (Å²) >= 11 is 0. The molecule has 2 aliphatic rings.